The number of hydrogen-bond acceptors (Lipinski definition) is 2. The first-order valence-electron chi connectivity index (χ1n) is 9.57. The van der Waals surface area contributed by atoms with E-state index in [1.54, 1.807) is 6.07 Å². The van der Waals surface area contributed by atoms with E-state index in [0.717, 1.165) is 33.4 Å². The van der Waals surface area contributed by atoms with E-state index in [1.165, 1.54) is 0 Å². The molecule has 30 heavy (non-hydrogen) atoms. The van der Waals surface area contributed by atoms with Crippen LogP contribution in [0.15, 0.2) is 103 Å². The lowest BCUT2D eigenvalue weighted by molar-refractivity contribution is 0.282. The van der Waals surface area contributed by atoms with Crippen molar-refractivity contribution in [3.63, 3.8) is 0 Å². The van der Waals surface area contributed by atoms with Crippen LogP contribution in [-0.2, 0) is 11.0 Å². The van der Waals surface area contributed by atoms with Crippen molar-refractivity contribution in [2.45, 2.75) is 6.42 Å². The van der Waals surface area contributed by atoms with Crippen LogP contribution in [0, 0.1) is 0 Å². The van der Waals surface area contributed by atoms with Crippen molar-refractivity contribution in [1.29, 1.82) is 0 Å². The van der Waals surface area contributed by atoms with Gasteiger partial charge in [-0.3, -0.25) is 9.79 Å². The maximum Gasteiger partial charge on any atom is 0.524 e. The van der Waals surface area contributed by atoms with Crippen LogP contribution in [0.4, 0.5) is 0 Å². The molecule has 0 aliphatic rings. The van der Waals surface area contributed by atoms with Crippen molar-refractivity contribution in [2.24, 2.45) is 0 Å². The molecule has 0 aliphatic heterocycles. The molecule has 5 heteroatoms. The predicted octanol–water partition coefficient (Wildman–Crippen LogP) is 6.08. The van der Waals surface area contributed by atoms with Gasteiger partial charge in [0.05, 0.1) is 0 Å². The summed E-state index contributed by atoms with van der Waals surface area (Å²) in [7, 11) is -4.72. The molecule has 0 saturated carbocycles. The monoisotopic (exact) mass is 416 g/mol. The molecule has 4 rings (SSSR count). The van der Waals surface area contributed by atoms with Gasteiger partial charge >= 0.3 is 7.82 Å². The summed E-state index contributed by atoms with van der Waals surface area (Å²) in [5.41, 5.74) is 5.61. The Balaban J connectivity index is 2.00. The van der Waals surface area contributed by atoms with Crippen molar-refractivity contribution in [1.82, 2.24) is 0 Å². The molecule has 150 valence electrons. The number of benzene rings is 4. The topological polar surface area (TPSA) is 66.8 Å². The number of hydrogen-bond donors (Lipinski definition) is 2. The van der Waals surface area contributed by atoms with Gasteiger partial charge in [0.25, 0.3) is 0 Å². The zero-order valence-corrected chi connectivity index (χ0v) is 17.1. The zero-order valence-electron chi connectivity index (χ0n) is 16.2. The minimum Gasteiger partial charge on any atom is -0.404 e. The fourth-order valence-electron chi connectivity index (χ4n) is 3.61. The fraction of sp³-hybridized carbons (Fsp3) is 0.0400. The van der Waals surface area contributed by atoms with Gasteiger partial charge in [0.2, 0.25) is 0 Å². The van der Waals surface area contributed by atoms with Crippen LogP contribution >= 0.6 is 7.82 Å². The van der Waals surface area contributed by atoms with Crippen molar-refractivity contribution in [2.75, 3.05) is 0 Å². The van der Waals surface area contributed by atoms with Crippen LogP contribution in [0.5, 0.6) is 5.75 Å². The molecular formula is C25H21O4P. The van der Waals surface area contributed by atoms with Crippen molar-refractivity contribution in [3.8, 4) is 28.0 Å². The second-order valence-corrected chi connectivity index (χ2v) is 8.10. The molecule has 0 saturated heterocycles. The lowest BCUT2D eigenvalue weighted by atomic mass is 9.87. The zero-order chi connectivity index (χ0) is 21.0. The highest BCUT2D eigenvalue weighted by atomic mass is 31.2. The first-order chi connectivity index (χ1) is 14.5. The van der Waals surface area contributed by atoms with Crippen LogP contribution in [0.25, 0.3) is 22.3 Å². The largest absolute Gasteiger partial charge is 0.524 e. The summed E-state index contributed by atoms with van der Waals surface area (Å²) in [5, 5.41) is 0. The molecule has 4 aromatic rings. The first-order valence-corrected chi connectivity index (χ1v) is 11.1. The molecule has 2 N–H and O–H groups in total. The lowest BCUT2D eigenvalue weighted by Crippen LogP contribution is -2.01. The van der Waals surface area contributed by atoms with Gasteiger partial charge in [0.15, 0.2) is 0 Å². The van der Waals surface area contributed by atoms with Gasteiger partial charge < -0.3 is 4.52 Å². The van der Waals surface area contributed by atoms with Crippen molar-refractivity contribution >= 4 is 7.82 Å². The Morgan fingerprint density at radius 3 is 1.77 bits per heavy atom. The van der Waals surface area contributed by atoms with E-state index in [1.807, 2.05) is 97.1 Å². The summed E-state index contributed by atoms with van der Waals surface area (Å²) in [5.74, 6) is 0.186. The minimum absolute atomic E-state index is 0.186. The average molecular weight is 416 g/mol. The second kappa shape index (κ2) is 8.68. The van der Waals surface area contributed by atoms with E-state index >= 15 is 0 Å². The molecule has 0 fully saturated rings. The van der Waals surface area contributed by atoms with Crippen molar-refractivity contribution < 1.29 is 18.9 Å². The van der Waals surface area contributed by atoms with Crippen LogP contribution in [0.2, 0.25) is 0 Å². The smallest absolute Gasteiger partial charge is 0.404 e. The standard InChI is InChI=1S/C25H21O4P/c26-30(27,28)29-24-17-16-22(20-12-6-2-7-13-20)25(21-14-8-3-9-15-21)23(24)18-19-10-4-1-5-11-19/h1-17H,18H2,(H2,26,27,28). The predicted molar refractivity (Wildman–Crippen MR) is 119 cm³/mol. The minimum atomic E-state index is -4.72. The maximum atomic E-state index is 11.7. The van der Waals surface area contributed by atoms with Crippen LogP contribution in [-0.4, -0.2) is 9.79 Å². The Morgan fingerprint density at radius 1 is 0.667 bits per heavy atom. The Kier molecular flexibility index (Phi) is 5.82. The van der Waals surface area contributed by atoms with Crippen LogP contribution in [0.1, 0.15) is 11.1 Å². The molecular weight excluding hydrogens is 395 g/mol. The molecule has 0 bridgehead atoms. The van der Waals surface area contributed by atoms with Gasteiger partial charge in [0.1, 0.15) is 5.75 Å². The Morgan fingerprint density at radius 2 is 1.20 bits per heavy atom. The first kappa shape index (κ1) is 20.1. The third kappa shape index (κ3) is 4.69. The highest BCUT2D eigenvalue weighted by molar-refractivity contribution is 7.46. The van der Waals surface area contributed by atoms with Gasteiger partial charge in [-0.15, -0.1) is 0 Å². The molecule has 0 aliphatic carbocycles. The maximum absolute atomic E-state index is 11.7. The molecule has 0 radical (unpaired) electrons. The fourth-order valence-corrected chi connectivity index (χ4v) is 4.04. The quantitative estimate of drug-likeness (QED) is 0.374. The molecule has 0 amide bonds. The number of phosphoric acid groups is 1. The van der Waals surface area contributed by atoms with E-state index in [4.69, 9.17) is 4.52 Å². The number of phosphoric ester groups is 1. The lowest BCUT2D eigenvalue weighted by Gasteiger charge is -2.20. The summed E-state index contributed by atoms with van der Waals surface area (Å²) in [6.45, 7) is 0. The summed E-state index contributed by atoms with van der Waals surface area (Å²) < 4.78 is 16.8. The highest BCUT2D eigenvalue weighted by Crippen LogP contribution is 2.45. The van der Waals surface area contributed by atoms with E-state index < -0.39 is 7.82 Å². The molecule has 4 aromatic carbocycles. The summed E-state index contributed by atoms with van der Waals surface area (Å²) in [4.78, 5) is 19.0. The number of rotatable bonds is 6. The molecule has 0 spiro atoms. The molecule has 0 atom stereocenters. The normalized spacial score (nSPS) is 11.3. The Labute approximate surface area is 175 Å². The van der Waals surface area contributed by atoms with Crippen LogP contribution in [0.3, 0.4) is 0 Å². The Bertz CT molecular complexity index is 1170. The summed E-state index contributed by atoms with van der Waals surface area (Å²) in [6.07, 6.45) is 0.473. The van der Waals surface area contributed by atoms with E-state index in [0.29, 0.717) is 6.42 Å². The molecule has 0 heterocycles. The van der Waals surface area contributed by atoms with Gasteiger partial charge in [0, 0.05) is 12.0 Å². The Hall–Kier alpha value is -3.17. The van der Waals surface area contributed by atoms with Gasteiger partial charge in [-0.05, 0) is 33.9 Å². The molecule has 4 nitrogen and oxygen atoms in total. The highest BCUT2D eigenvalue weighted by Gasteiger charge is 2.23. The van der Waals surface area contributed by atoms with E-state index in [-0.39, 0.29) is 5.75 Å². The molecule has 0 unspecified atom stereocenters. The van der Waals surface area contributed by atoms with Crippen LogP contribution < -0.4 is 4.52 Å². The van der Waals surface area contributed by atoms with E-state index in [2.05, 4.69) is 0 Å². The average Bonchev–Trinajstić information content (AvgIpc) is 2.76. The van der Waals surface area contributed by atoms with Crippen molar-refractivity contribution in [3.05, 3.63) is 114 Å². The van der Waals surface area contributed by atoms with Gasteiger partial charge in [-0.1, -0.05) is 97.1 Å². The van der Waals surface area contributed by atoms with Gasteiger partial charge in [-0.25, -0.2) is 4.57 Å². The third-order valence-electron chi connectivity index (χ3n) is 4.86. The SMILES string of the molecule is O=P(O)(O)Oc1ccc(-c2ccccc2)c(-c2ccccc2)c1Cc1ccccc1. The summed E-state index contributed by atoms with van der Waals surface area (Å²) >= 11 is 0. The summed E-state index contributed by atoms with van der Waals surface area (Å²) in [6, 6.07) is 33.1. The third-order valence-corrected chi connectivity index (χ3v) is 5.29. The van der Waals surface area contributed by atoms with Gasteiger partial charge in [-0.2, -0.15) is 0 Å². The van der Waals surface area contributed by atoms with E-state index in [9.17, 15) is 14.4 Å². The second-order valence-electron chi connectivity index (χ2n) is 6.94. The molecule has 0 aromatic heterocycles.